The first-order chi connectivity index (χ1) is 9.88. The van der Waals surface area contributed by atoms with Crippen LogP contribution in [-0.2, 0) is 12.7 Å². The molecule has 2 fully saturated rings. The van der Waals surface area contributed by atoms with Crippen molar-refractivity contribution >= 4 is 0 Å². The first kappa shape index (κ1) is 14.8. The van der Waals surface area contributed by atoms with Crippen molar-refractivity contribution in [3.05, 3.63) is 35.1 Å². The molecule has 0 amide bonds. The molecule has 2 aliphatic rings. The van der Waals surface area contributed by atoms with Crippen LogP contribution in [0.15, 0.2) is 18.2 Å². The molecular weight excluding hydrogens is 284 g/mol. The normalized spacial score (nSPS) is 22.3. The monoisotopic (exact) mass is 302 g/mol. The van der Waals surface area contributed by atoms with E-state index in [-0.39, 0.29) is 0 Å². The number of likely N-dealkylation sites (tertiary alicyclic amines) is 1. The number of nitrogens with zero attached hydrogens (tertiary/aromatic N) is 1. The third-order valence-electron chi connectivity index (χ3n) is 4.69. The molecule has 116 valence electrons. The van der Waals surface area contributed by atoms with Gasteiger partial charge in [-0.2, -0.15) is 13.2 Å². The number of hydrogen-bond acceptors (Lipinski definition) is 2. The van der Waals surface area contributed by atoms with Crippen LogP contribution in [0.5, 0.6) is 0 Å². The molecule has 2 aliphatic heterocycles. The highest BCUT2D eigenvalue weighted by Gasteiger charge is 2.39. The molecule has 1 N–H and O–H groups in total. The van der Waals surface area contributed by atoms with E-state index in [9.17, 15) is 17.6 Å². The summed E-state index contributed by atoms with van der Waals surface area (Å²) < 4.78 is 51.3. The smallest absolute Gasteiger partial charge is 0.316 e. The van der Waals surface area contributed by atoms with Crippen LogP contribution in [0.2, 0.25) is 0 Å². The molecule has 1 aromatic rings. The van der Waals surface area contributed by atoms with Gasteiger partial charge in [-0.05, 0) is 43.5 Å². The molecule has 0 saturated carbocycles. The van der Waals surface area contributed by atoms with Crippen molar-refractivity contribution in [1.29, 1.82) is 0 Å². The summed E-state index contributed by atoms with van der Waals surface area (Å²) in [6.45, 7) is 4.24. The minimum absolute atomic E-state index is 0.339. The Morgan fingerprint density at radius 1 is 1.14 bits per heavy atom. The number of halogens is 4. The van der Waals surface area contributed by atoms with Crippen molar-refractivity contribution in [2.75, 3.05) is 26.2 Å². The standard InChI is InChI=1S/C15H18F4N2/c16-13-7-12(15(17,18)19)2-1-11(13)8-21-5-3-14(4-6-21)9-20-10-14/h1-2,7,20H,3-6,8-10H2. The lowest BCUT2D eigenvalue weighted by atomic mass is 9.73. The quantitative estimate of drug-likeness (QED) is 0.845. The Balaban J connectivity index is 1.63. The maximum atomic E-state index is 13.8. The highest BCUT2D eigenvalue weighted by atomic mass is 19.4. The molecule has 0 bridgehead atoms. The lowest BCUT2D eigenvalue weighted by molar-refractivity contribution is -0.137. The molecule has 3 rings (SSSR count). The Hall–Kier alpha value is -1.14. The molecular formula is C15H18F4N2. The predicted molar refractivity (Wildman–Crippen MR) is 71.2 cm³/mol. The van der Waals surface area contributed by atoms with Gasteiger partial charge in [-0.1, -0.05) is 6.07 Å². The summed E-state index contributed by atoms with van der Waals surface area (Å²) in [7, 11) is 0. The minimum atomic E-state index is -4.49. The third kappa shape index (κ3) is 3.06. The van der Waals surface area contributed by atoms with Gasteiger partial charge < -0.3 is 5.32 Å². The highest BCUT2D eigenvalue weighted by Crippen LogP contribution is 2.35. The molecule has 1 aromatic carbocycles. The average molecular weight is 302 g/mol. The van der Waals surface area contributed by atoms with Gasteiger partial charge in [-0.15, -0.1) is 0 Å². The van der Waals surface area contributed by atoms with Gasteiger partial charge in [-0.25, -0.2) is 4.39 Å². The van der Waals surface area contributed by atoms with Gasteiger partial charge in [0, 0.05) is 25.2 Å². The molecule has 0 atom stereocenters. The van der Waals surface area contributed by atoms with Crippen LogP contribution in [0.3, 0.4) is 0 Å². The molecule has 0 aromatic heterocycles. The lowest BCUT2D eigenvalue weighted by Crippen LogP contribution is -2.58. The maximum Gasteiger partial charge on any atom is 0.416 e. The lowest BCUT2D eigenvalue weighted by Gasteiger charge is -2.48. The van der Waals surface area contributed by atoms with Crippen molar-refractivity contribution in [2.24, 2.45) is 5.41 Å². The first-order valence-electron chi connectivity index (χ1n) is 7.17. The van der Waals surface area contributed by atoms with Crippen LogP contribution in [0.25, 0.3) is 0 Å². The average Bonchev–Trinajstić information content (AvgIpc) is 2.39. The second-order valence-electron chi connectivity index (χ2n) is 6.18. The molecule has 0 unspecified atom stereocenters. The first-order valence-corrected chi connectivity index (χ1v) is 7.17. The van der Waals surface area contributed by atoms with Crippen LogP contribution in [-0.4, -0.2) is 31.1 Å². The summed E-state index contributed by atoms with van der Waals surface area (Å²) in [5.41, 5.74) is -0.178. The van der Waals surface area contributed by atoms with E-state index >= 15 is 0 Å². The summed E-state index contributed by atoms with van der Waals surface area (Å²) in [4.78, 5) is 2.12. The van der Waals surface area contributed by atoms with Crippen molar-refractivity contribution in [1.82, 2.24) is 10.2 Å². The molecule has 2 heterocycles. The Bertz CT molecular complexity index is 513. The summed E-state index contributed by atoms with van der Waals surface area (Å²) in [5.74, 6) is -0.768. The Morgan fingerprint density at radius 2 is 1.81 bits per heavy atom. The second kappa shape index (κ2) is 5.25. The molecule has 6 heteroatoms. The minimum Gasteiger partial charge on any atom is -0.316 e. The summed E-state index contributed by atoms with van der Waals surface area (Å²) in [6.07, 6.45) is -2.35. The predicted octanol–water partition coefficient (Wildman–Crippen LogP) is 3.03. The number of piperidine rings is 1. The molecule has 0 aliphatic carbocycles. The highest BCUT2D eigenvalue weighted by molar-refractivity contribution is 5.26. The van der Waals surface area contributed by atoms with Gasteiger partial charge in [0.1, 0.15) is 5.82 Å². The number of nitrogens with one attached hydrogen (secondary N) is 1. The Labute approximate surface area is 121 Å². The number of hydrogen-bond donors (Lipinski definition) is 1. The second-order valence-corrected chi connectivity index (χ2v) is 6.18. The van der Waals surface area contributed by atoms with Gasteiger partial charge in [-0.3, -0.25) is 4.90 Å². The van der Waals surface area contributed by atoms with Gasteiger partial charge in [0.05, 0.1) is 5.56 Å². The largest absolute Gasteiger partial charge is 0.416 e. The number of alkyl halides is 3. The molecule has 1 spiro atoms. The van der Waals surface area contributed by atoms with Gasteiger partial charge >= 0.3 is 6.18 Å². The SMILES string of the molecule is Fc1cc(C(F)(F)F)ccc1CN1CCC2(CC1)CNC2. The van der Waals surface area contributed by atoms with E-state index in [4.69, 9.17) is 0 Å². The summed E-state index contributed by atoms with van der Waals surface area (Å²) in [5, 5.41) is 3.28. The number of benzene rings is 1. The fraction of sp³-hybridized carbons (Fsp3) is 0.600. The van der Waals surface area contributed by atoms with E-state index < -0.39 is 17.6 Å². The van der Waals surface area contributed by atoms with Crippen LogP contribution in [0.1, 0.15) is 24.0 Å². The van der Waals surface area contributed by atoms with Gasteiger partial charge in [0.25, 0.3) is 0 Å². The van der Waals surface area contributed by atoms with Gasteiger partial charge in [0.2, 0.25) is 0 Å². The van der Waals surface area contributed by atoms with E-state index in [0.717, 1.165) is 45.1 Å². The van der Waals surface area contributed by atoms with E-state index in [2.05, 4.69) is 10.2 Å². The van der Waals surface area contributed by atoms with Crippen LogP contribution >= 0.6 is 0 Å². The van der Waals surface area contributed by atoms with Crippen molar-refractivity contribution in [3.8, 4) is 0 Å². The maximum absolute atomic E-state index is 13.8. The summed E-state index contributed by atoms with van der Waals surface area (Å²) >= 11 is 0. The fourth-order valence-electron chi connectivity index (χ4n) is 3.11. The van der Waals surface area contributed by atoms with Crippen molar-refractivity contribution in [3.63, 3.8) is 0 Å². The summed E-state index contributed by atoms with van der Waals surface area (Å²) in [6, 6.07) is 2.81. The molecule has 0 radical (unpaired) electrons. The van der Waals surface area contributed by atoms with E-state index in [1.165, 1.54) is 6.07 Å². The van der Waals surface area contributed by atoms with E-state index in [0.29, 0.717) is 23.6 Å². The van der Waals surface area contributed by atoms with Crippen molar-refractivity contribution < 1.29 is 17.6 Å². The van der Waals surface area contributed by atoms with E-state index in [1.807, 2.05) is 0 Å². The fourth-order valence-corrected chi connectivity index (χ4v) is 3.11. The Kier molecular flexibility index (Phi) is 3.69. The zero-order valence-electron chi connectivity index (χ0n) is 11.6. The van der Waals surface area contributed by atoms with Crippen molar-refractivity contribution in [2.45, 2.75) is 25.6 Å². The number of rotatable bonds is 2. The molecule has 2 saturated heterocycles. The molecule has 21 heavy (non-hydrogen) atoms. The third-order valence-corrected chi connectivity index (χ3v) is 4.69. The van der Waals surface area contributed by atoms with E-state index in [1.54, 1.807) is 0 Å². The Morgan fingerprint density at radius 3 is 2.29 bits per heavy atom. The van der Waals surface area contributed by atoms with Crippen LogP contribution < -0.4 is 5.32 Å². The van der Waals surface area contributed by atoms with Gasteiger partial charge in [0.15, 0.2) is 0 Å². The van der Waals surface area contributed by atoms with Crippen LogP contribution in [0.4, 0.5) is 17.6 Å². The molecule has 2 nitrogen and oxygen atoms in total. The zero-order valence-corrected chi connectivity index (χ0v) is 11.6. The topological polar surface area (TPSA) is 15.3 Å². The zero-order chi connectivity index (χ0) is 15.1. The van der Waals surface area contributed by atoms with Crippen LogP contribution in [0, 0.1) is 11.2 Å².